The second-order valence-electron chi connectivity index (χ2n) is 6.78. The molecule has 0 unspecified atom stereocenters. The minimum atomic E-state index is 1.25. The van der Waals surface area contributed by atoms with Crippen molar-refractivity contribution < 1.29 is 0 Å². The van der Waals surface area contributed by atoms with Gasteiger partial charge in [-0.15, -0.1) is 0 Å². The molecule has 0 N–H and O–H groups in total. The smallest absolute Gasteiger partial charge is 0.0136 e. The van der Waals surface area contributed by atoms with Crippen molar-refractivity contribution in [3.63, 3.8) is 0 Å². The number of hydrogen-bond acceptors (Lipinski definition) is 0. The van der Waals surface area contributed by atoms with E-state index in [9.17, 15) is 0 Å². The molecule has 0 nitrogen and oxygen atoms in total. The molecular weight excluding hydrogens is 439 g/mol. The summed E-state index contributed by atoms with van der Waals surface area (Å²) in [6, 6.07) is 37.2. The first-order chi connectivity index (χ1) is 13.3. The minimum absolute atomic E-state index is 1.25. The lowest BCUT2D eigenvalue weighted by Crippen LogP contribution is -1.87. The molecule has 0 heterocycles. The largest absolute Gasteiger partial charge is 0.0622 e. The van der Waals surface area contributed by atoms with Gasteiger partial charge in [-0.2, -0.15) is 0 Å². The first-order valence-corrected chi connectivity index (χ1v) is 10.1. The topological polar surface area (TPSA) is 0 Å². The molecule has 0 aromatic heterocycles. The summed E-state index contributed by atoms with van der Waals surface area (Å²) in [5.74, 6) is 0. The fourth-order valence-corrected chi connectivity index (χ4v) is 4.34. The lowest BCUT2D eigenvalue weighted by molar-refractivity contribution is 1.62. The zero-order valence-electron chi connectivity index (χ0n) is 14.7. The van der Waals surface area contributed by atoms with E-state index < -0.39 is 0 Å². The molecule has 5 aromatic rings. The molecule has 0 bridgehead atoms. The van der Waals surface area contributed by atoms with Crippen molar-refractivity contribution >= 4 is 44.1 Å². The molecule has 0 aliphatic heterocycles. The molecular formula is C26H17I. The van der Waals surface area contributed by atoms with Gasteiger partial charge in [-0.1, -0.05) is 78.9 Å². The molecule has 0 atom stereocenters. The monoisotopic (exact) mass is 456 g/mol. The van der Waals surface area contributed by atoms with E-state index in [1.165, 1.54) is 47.4 Å². The Labute approximate surface area is 172 Å². The number of halogens is 1. The van der Waals surface area contributed by atoms with Gasteiger partial charge in [0.25, 0.3) is 0 Å². The molecule has 128 valence electrons. The molecule has 0 fully saturated rings. The Morgan fingerprint density at radius 3 is 2.07 bits per heavy atom. The molecule has 1 heteroatoms. The fraction of sp³-hybridized carbons (Fsp3) is 0. The van der Waals surface area contributed by atoms with Crippen LogP contribution in [0.5, 0.6) is 0 Å². The highest BCUT2D eigenvalue weighted by molar-refractivity contribution is 14.1. The number of rotatable bonds is 2. The summed E-state index contributed by atoms with van der Waals surface area (Å²) in [5, 5.41) is 5.15. The quantitative estimate of drug-likeness (QED) is 0.237. The summed E-state index contributed by atoms with van der Waals surface area (Å²) >= 11 is 2.39. The summed E-state index contributed by atoms with van der Waals surface area (Å²) < 4.78 is 1.26. The van der Waals surface area contributed by atoms with Crippen molar-refractivity contribution in [2.24, 2.45) is 0 Å². The van der Waals surface area contributed by atoms with Gasteiger partial charge in [0.1, 0.15) is 0 Å². The molecule has 5 aromatic carbocycles. The van der Waals surface area contributed by atoms with E-state index >= 15 is 0 Å². The van der Waals surface area contributed by atoms with Crippen molar-refractivity contribution in [1.82, 2.24) is 0 Å². The molecule has 0 aliphatic rings. The predicted molar refractivity (Wildman–Crippen MR) is 125 cm³/mol. The maximum atomic E-state index is 2.39. The lowest BCUT2D eigenvalue weighted by atomic mass is 9.90. The SMILES string of the molecule is Ic1ccc2c(-c3cccc4ccccc34)cc(-c3ccccc3)cc2c1. The van der Waals surface area contributed by atoms with Crippen LogP contribution in [0.4, 0.5) is 0 Å². The van der Waals surface area contributed by atoms with Crippen LogP contribution in [0, 0.1) is 3.57 Å². The Bertz CT molecular complexity index is 1260. The van der Waals surface area contributed by atoms with Crippen LogP contribution < -0.4 is 0 Å². The highest BCUT2D eigenvalue weighted by atomic mass is 127. The van der Waals surface area contributed by atoms with Gasteiger partial charge in [-0.25, -0.2) is 0 Å². The first-order valence-electron chi connectivity index (χ1n) is 9.06. The Morgan fingerprint density at radius 1 is 0.444 bits per heavy atom. The van der Waals surface area contributed by atoms with Crippen LogP contribution in [-0.2, 0) is 0 Å². The van der Waals surface area contributed by atoms with E-state index in [0.717, 1.165) is 0 Å². The Morgan fingerprint density at radius 2 is 1.19 bits per heavy atom. The van der Waals surface area contributed by atoms with Crippen LogP contribution in [0.2, 0.25) is 0 Å². The molecule has 27 heavy (non-hydrogen) atoms. The molecule has 5 rings (SSSR count). The molecule has 0 spiro atoms. The summed E-state index contributed by atoms with van der Waals surface area (Å²) in [5.41, 5.74) is 5.09. The van der Waals surface area contributed by atoms with Gasteiger partial charge in [0.15, 0.2) is 0 Å². The summed E-state index contributed by atoms with van der Waals surface area (Å²) in [6.45, 7) is 0. The predicted octanol–water partition coefficient (Wildman–Crippen LogP) is 7.93. The third kappa shape index (κ3) is 3.02. The van der Waals surface area contributed by atoms with E-state index in [1.807, 2.05) is 0 Å². The van der Waals surface area contributed by atoms with Gasteiger partial charge < -0.3 is 0 Å². The van der Waals surface area contributed by atoms with Gasteiger partial charge in [0.05, 0.1) is 0 Å². The highest BCUT2D eigenvalue weighted by Gasteiger charge is 2.11. The molecule has 0 aliphatic carbocycles. The van der Waals surface area contributed by atoms with Crippen LogP contribution in [0.25, 0.3) is 43.8 Å². The Hall–Kier alpha value is -2.65. The normalized spacial score (nSPS) is 11.1. The second-order valence-corrected chi connectivity index (χ2v) is 8.03. The second kappa shape index (κ2) is 6.82. The fourth-order valence-electron chi connectivity index (χ4n) is 3.82. The standard InChI is InChI=1S/C26H17I/c27-22-13-14-24-21(16-22)15-20(18-7-2-1-3-8-18)17-26(24)25-12-6-10-19-9-4-5-11-23(19)25/h1-17H. The van der Waals surface area contributed by atoms with Gasteiger partial charge in [0, 0.05) is 3.57 Å². The maximum absolute atomic E-state index is 2.39. The zero-order chi connectivity index (χ0) is 18.2. The van der Waals surface area contributed by atoms with E-state index in [-0.39, 0.29) is 0 Å². The zero-order valence-corrected chi connectivity index (χ0v) is 16.9. The molecule has 0 saturated carbocycles. The van der Waals surface area contributed by atoms with Crippen LogP contribution in [0.15, 0.2) is 103 Å². The number of fused-ring (bicyclic) bond motifs is 2. The van der Waals surface area contributed by atoms with Crippen LogP contribution >= 0.6 is 22.6 Å². The van der Waals surface area contributed by atoms with E-state index in [0.29, 0.717) is 0 Å². The van der Waals surface area contributed by atoms with Crippen molar-refractivity contribution in [2.45, 2.75) is 0 Å². The van der Waals surface area contributed by atoms with E-state index in [2.05, 4.69) is 126 Å². The van der Waals surface area contributed by atoms with Crippen molar-refractivity contribution in [2.75, 3.05) is 0 Å². The third-order valence-corrected chi connectivity index (χ3v) is 5.77. The lowest BCUT2D eigenvalue weighted by Gasteiger charge is -2.14. The summed E-state index contributed by atoms with van der Waals surface area (Å²) in [7, 11) is 0. The first kappa shape index (κ1) is 16.5. The average molecular weight is 456 g/mol. The Balaban J connectivity index is 1.88. The Kier molecular flexibility index (Phi) is 4.17. The molecule has 0 radical (unpaired) electrons. The van der Waals surface area contributed by atoms with Crippen LogP contribution in [0.3, 0.4) is 0 Å². The average Bonchev–Trinajstić information content (AvgIpc) is 2.73. The van der Waals surface area contributed by atoms with Gasteiger partial charge in [-0.05, 0) is 90.7 Å². The highest BCUT2D eigenvalue weighted by Crippen LogP contribution is 2.37. The van der Waals surface area contributed by atoms with Crippen molar-refractivity contribution in [3.05, 3.63) is 107 Å². The van der Waals surface area contributed by atoms with Crippen LogP contribution in [-0.4, -0.2) is 0 Å². The van der Waals surface area contributed by atoms with E-state index in [4.69, 9.17) is 0 Å². The maximum Gasteiger partial charge on any atom is 0.0136 e. The van der Waals surface area contributed by atoms with Crippen molar-refractivity contribution in [1.29, 1.82) is 0 Å². The van der Waals surface area contributed by atoms with E-state index in [1.54, 1.807) is 0 Å². The number of hydrogen-bond donors (Lipinski definition) is 0. The van der Waals surface area contributed by atoms with Crippen LogP contribution in [0.1, 0.15) is 0 Å². The van der Waals surface area contributed by atoms with Gasteiger partial charge >= 0.3 is 0 Å². The minimum Gasteiger partial charge on any atom is -0.0622 e. The molecule has 0 saturated heterocycles. The summed E-state index contributed by atoms with van der Waals surface area (Å²) in [6.07, 6.45) is 0. The van der Waals surface area contributed by atoms with Crippen molar-refractivity contribution in [3.8, 4) is 22.3 Å². The third-order valence-electron chi connectivity index (χ3n) is 5.10. The van der Waals surface area contributed by atoms with Gasteiger partial charge in [-0.3, -0.25) is 0 Å². The summed E-state index contributed by atoms with van der Waals surface area (Å²) in [4.78, 5) is 0. The molecule has 0 amide bonds. The number of benzene rings is 5. The van der Waals surface area contributed by atoms with Gasteiger partial charge in [0.2, 0.25) is 0 Å².